The van der Waals surface area contributed by atoms with E-state index in [1.54, 1.807) is 6.20 Å². The topological polar surface area (TPSA) is 66.9 Å². The first-order valence-corrected chi connectivity index (χ1v) is 12.8. The van der Waals surface area contributed by atoms with Gasteiger partial charge in [0.15, 0.2) is 0 Å². The summed E-state index contributed by atoms with van der Waals surface area (Å²) >= 11 is 0. The van der Waals surface area contributed by atoms with Gasteiger partial charge in [0, 0.05) is 47.2 Å². The minimum absolute atomic E-state index is 0.500. The van der Waals surface area contributed by atoms with Crippen LogP contribution in [-0.4, -0.2) is 27.0 Å². The van der Waals surface area contributed by atoms with Gasteiger partial charge in [-0.05, 0) is 77.6 Å². The Balaban J connectivity index is 2.03. The molecule has 1 N–H and O–H groups in total. The largest absolute Gasteiger partial charge is 0.334 e. The number of allylic oxidation sites excluding steroid dienone is 5. The Morgan fingerprint density at radius 2 is 1.84 bits per heavy atom. The Hall–Kier alpha value is -4.38. The molecular weight excluding hydrogens is 466 g/mol. The van der Waals surface area contributed by atoms with E-state index in [4.69, 9.17) is 15.4 Å². The lowest BCUT2D eigenvalue weighted by Crippen LogP contribution is -2.31. The Morgan fingerprint density at radius 3 is 2.47 bits per heavy atom. The average molecular weight is 502 g/mol. The van der Waals surface area contributed by atoms with Gasteiger partial charge in [-0.2, -0.15) is 0 Å². The molecule has 1 unspecified atom stereocenters. The molecule has 0 aliphatic heterocycles. The van der Waals surface area contributed by atoms with Gasteiger partial charge in [0.05, 0.1) is 22.3 Å². The molecule has 0 fully saturated rings. The molecule has 0 saturated heterocycles. The molecule has 0 saturated carbocycles. The van der Waals surface area contributed by atoms with Gasteiger partial charge >= 0.3 is 0 Å². The molecule has 0 aliphatic carbocycles. The third kappa shape index (κ3) is 5.32. The minimum Gasteiger partial charge on any atom is -0.334 e. The molecule has 4 rings (SSSR count). The molecule has 1 aromatic carbocycles. The molecule has 4 aromatic rings. The zero-order valence-corrected chi connectivity index (χ0v) is 22.9. The number of rotatable bonds is 9. The zero-order valence-electron chi connectivity index (χ0n) is 22.9. The Labute approximate surface area is 225 Å². The second-order valence-corrected chi connectivity index (χ2v) is 10.0. The summed E-state index contributed by atoms with van der Waals surface area (Å²) in [6.07, 6.45) is 14.3. The quantitative estimate of drug-likeness (QED) is 0.186. The predicted molar refractivity (Wildman–Crippen MR) is 161 cm³/mol. The first kappa shape index (κ1) is 26.7. The molecule has 5 heteroatoms. The number of hydrogen-bond acceptors (Lipinski definition) is 4. The zero-order chi connectivity index (χ0) is 27.3. The van der Waals surface area contributed by atoms with Crippen LogP contribution in [0.15, 0.2) is 102 Å². The number of pyridine rings is 2. The number of aromatic nitrogens is 3. The third-order valence-corrected chi connectivity index (χ3v) is 6.87. The van der Waals surface area contributed by atoms with Crippen molar-refractivity contribution in [1.82, 2.24) is 14.5 Å². The van der Waals surface area contributed by atoms with Crippen LogP contribution in [0, 0.1) is 12.3 Å². The van der Waals surface area contributed by atoms with Crippen LogP contribution in [0.1, 0.15) is 50.9 Å². The summed E-state index contributed by atoms with van der Waals surface area (Å²) in [6, 6.07) is 16.8. The summed E-state index contributed by atoms with van der Waals surface area (Å²) in [4.78, 5) is 13.6. The number of nitrogens with zero attached hydrogens (tertiary/aromatic N) is 4. The maximum Gasteiger partial charge on any atom is 0.0960 e. The molecule has 0 bridgehead atoms. The van der Waals surface area contributed by atoms with Crippen molar-refractivity contribution in [1.29, 1.82) is 5.41 Å². The molecule has 1 atom stereocenters. The Morgan fingerprint density at radius 1 is 1.08 bits per heavy atom. The van der Waals surface area contributed by atoms with Crippen LogP contribution in [0.3, 0.4) is 0 Å². The van der Waals surface area contributed by atoms with Crippen LogP contribution < -0.4 is 0 Å². The van der Waals surface area contributed by atoms with E-state index in [1.807, 2.05) is 57.4 Å². The minimum atomic E-state index is -0.500. The van der Waals surface area contributed by atoms with Gasteiger partial charge in [0.2, 0.25) is 0 Å². The van der Waals surface area contributed by atoms with Gasteiger partial charge in [0.25, 0.3) is 0 Å². The fourth-order valence-corrected chi connectivity index (χ4v) is 4.97. The van der Waals surface area contributed by atoms with E-state index < -0.39 is 5.54 Å². The predicted octanol–water partition coefficient (Wildman–Crippen LogP) is 8.16. The average Bonchev–Trinajstić information content (AvgIpc) is 3.28. The van der Waals surface area contributed by atoms with Crippen molar-refractivity contribution in [2.24, 2.45) is 4.99 Å². The number of nitrogens with one attached hydrogen (secondary N) is 1. The second-order valence-electron chi connectivity index (χ2n) is 10.0. The first-order valence-electron chi connectivity index (χ1n) is 12.8. The maximum absolute atomic E-state index is 8.41. The summed E-state index contributed by atoms with van der Waals surface area (Å²) in [7, 11) is 0. The monoisotopic (exact) mass is 501 g/mol. The highest BCUT2D eigenvalue weighted by Gasteiger charge is 2.32. The van der Waals surface area contributed by atoms with Gasteiger partial charge in [-0.3, -0.25) is 15.0 Å². The molecule has 192 valence electrons. The van der Waals surface area contributed by atoms with E-state index >= 15 is 0 Å². The number of fused-ring (bicyclic) bond motifs is 1. The molecule has 5 nitrogen and oxygen atoms in total. The molecule has 0 amide bonds. The molecule has 38 heavy (non-hydrogen) atoms. The fraction of sp³-hybridized carbons (Fsp3) is 0.212. The van der Waals surface area contributed by atoms with Crippen molar-refractivity contribution in [3.63, 3.8) is 0 Å². The van der Waals surface area contributed by atoms with E-state index in [0.29, 0.717) is 12.1 Å². The number of aryl methyl sites for hydroxylation is 1. The Bertz CT molecular complexity index is 1550. The fourth-order valence-electron chi connectivity index (χ4n) is 4.97. The lowest BCUT2D eigenvalue weighted by Gasteiger charge is -2.31. The standard InChI is InChI=1S/C33H35N5/c1-23(2)31(25(4)34)27-20-29-32(37-21-27)28(26-15-13-24(3)14-16-26)22-38(29)33(5,17-9-7-10-18-35-6)30-12-8-11-19-36-30/h7-16,18-22,34H,6,17H2,1-5H3/b9-7-,18-10-,34-25?. The summed E-state index contributed by atoms with van der Waals surface area (Å²) in [5.41, 5.74) is 9.27. The maximum atomic E-state index is 8.41. The van der Waals surface area contributed by atoms with Crippen LogP contribution in [-0.2, 0) is 5.54 Å². The van der Waals surface area contributed by atoms with Crippen molar-refractivity contribution in [3.8, 4) is 11.1 Å². The van der Waals surface area contributed by atoms with Crippen LogP contribution >= 0.6 is 0 Å². The third-order valence-electron chi connectivity index (χ3n) is 6.87. The number of hydrogen-bond donors (Lipinski definition) is 1. The lowest BCUT2D eigenvalue weighted by atomic mass is 9.91. The van der Waals surface area contributed by atoms with Crippen molar-refractivity contribution < 1.29 is 0 Å². The number of aliphatic imine (C=N–C) groups is 1. The van der Waals surface area contributed by atoms with Gasteiger partial charge in [-0.15, -0.1) is 0 Å². The highest BCUT2D eigenvalue weighted by atomic mass is 15.1. The lowest BCUT2D eigenvalue weighted by molar-refractivity contribution is 0.399. The van der Waals surface area contributed by atoms with Crippen LogP contribution in [0.2, 0.25) is 0 Å². The van der Waals surface area contributed by atoms with Gasteiger partial charge < -0.3 is 9.98 Å². The summed E-state index contributed by atoms with van der Waals surface area (Å²) in [5, 5.41) is 8.41. The van der Waals surface area contributed by atoms with Crippen molar-refractivity contribution >= 4 is 29.0 Å². The van der Waals surface area contributed by atoms with Gasteiger partial charge in [-0.25, -0.2) is 0 Å². The second kappa shape index (κ2) is 11.3. The highest BCUT2D eigenvalue weighted by molar-refractivity contribution is 6.22. The van der Waals surface area contributed by atoms with Crippen molar-refractivity contribution in [2.75, 3.05) is 0 Å². The van der Waals surface area contributed by atoms with E-state index in [9.17, 15) is 0 Å². The molecule has 3 aromatic heterocycles. The van der Waals surface area contributed by atoms with Gasteiger partial charge in [-0.1, -0.05) is 53.6 Å². The number of benzene rings is 1. The molecule has 0 aliphatic rings. The van der Waals surface area contributed by atoms with E-state index in [0.717, 1.165) is 44.6 Å². The van der Waals surface area contributed by atoms with Crippen molar-refractivity contribution in [2.45, 2.75) is 46.6 Å². The molecule has 0 radical (unpaired) electrons. The molecule has 3 heterocycles. The normalized spacial score (nSPS) is 13.2. The summed E-state index contributed by atoms with van der Waals surface area (Å²) in [6.45, 7) is 13.7. The van der Waals surface area contributed by atoms with E-state index in [2.05, 4.69) is 78.8 Å². The summed E-state index contributed by atoms with van der Waals surface area (Å²) < 4.78 is 2.30. The first-order chi connectivity index (χ1) is 18.3. The van der Waals surface area contributed by atoms with Crippen LogP contribution in [0.4, 0.5) is 0 Å². The van der Waals surface area contributed by atoms with E-state index in [1.165, 1.54) is 5.56 Å². The smallest absolute Gasteiger partial charge is 0.0960 e. The molecule has 0 spiro atoms. The van der Waals surface area contributed by atoms with Gasteiger partial charge in [0.1, 0.15) is 0 Å². The SMILES string of the molecule is C=N/C=C\C=C/CC(C)(c1ccccn1)n1cc(-c2ccc(C)cc2)c2ncc(C(C(C)=N)=C(C)C)cc21. The van der Waals surface area contributed by atoms with Crippen molar-refractivity contribution in [3.05, 3.63) is 114 Å². The van der Waals surface area contributed by atoms with Crippen LogP contribution in [0.25, 0.3) is 27.7 Å². The Kier molecular flexibility index (Phi) is 7.96. The van der Waals surface area contributed by atoms with E-state index in [-0.39, 0.29) is 0 Å². The summed E-state index contributed by atoms with van der Waals surface area (Å²) in [5.74, 6) is 0. The van der Waals surface area contributed by atoms with Crippen LogP contribution in [0.5, 0.6) is 0 Å². The molecular formula is C33H35N5. The highest BCUT2D eigenvalue weighted by Crippen LogP contribution is 2.39.